The molecule has 0 amide bonds. The fourth-order valence-corrected chi connectivity index (χ4v) is 2.38. The van der Waals surface area contributed by atoms with Crippen molar-refractivity contribution < 1.29 is 27.5 Å². The fraction of sp³-hybridized carbons (Fsp3) is 0.400. The molecule has 120 valence electrons. The molecular formula is C15H18O6S. The van der Waals surface area contributed by atoms with Crippen LogP contribution in [0.3, 0.4) is 0 Å². The highest BCUT2D eigenvalue weighted by atomic mass is 32.2. The van der Waals surface area contributed by atoms with Crippen molar-refractivity contribution in [3.63, 3.8) is 0 Å². The molecule has 0 heterocycles. The number of methoxy groups -OCH3 is 1. The van der Waals surface area contributed by atoms with E-state index in [1.807, 2.05) is 0 Å². The van der Waals surface area contributed by atoms with Crippen LogP contribution in [0.1, 0.15) is 36.0 Å². The Morgan fingerprint density at radius 1 is 0.955 bits per heavy atom. The maximum absolute atomic E-state index is 11.9. The van der Waals surface area contributed by atoms with Crippen molar-refractivity contribution in [3.05, 3.63) is 29.8 Å². The minimum atomic E-state index is -3.30. The molecule has 0 unspecified atom stereocenters. The third kappa shape index (κ3) is 5.77. The van der Waals surface area contributed by atoms with E-state index in [0.29, 0.717) is 5.56 Å². The van der Waals surface area contributed by atoms with Crippen LogP contribution in [-0.4, -0.2) is 39.3 Å². The van der Waals surface area contributed by atoms with Gasteiger partial charge in [0.05, 0.1) is 18.4 Å². The van der Waals surface area contributed by atoms with Crippen LogP contribution < -0.4 is 0 Å². The molecule has 0 bridgehead atoms. The summed E-state index contributed by atoms with van der Waals surface area (Å²) < 4.78 is 27.1. The molecule has 22 heavy (non-hydrogen) atoms. The smallest absolute Gasteiger partial charge is 0.305 e. The maximum atomic E-state index is 11.9. The van der Waals surface area contributed by atoms with E-state index in [-0.39, 0.29) is 42.1 Å². The van der Waals surface area contributed by atoms with Crippen molar-refractivity contribution in [2.24, 2.45) is 0 Å². The number of hydrogen-bond donors (Lipinski definition) is 0. The molecular weight excluding hydrogens is 308 g/mol. The Morgan fingerprint density at radius 3 is 2.00 bits per heavy atom. The molecule has 1 rings (SSSR count). The summed E-state index contributed by atoms with van der Waals surface area (Å²) >= 11 is 0. The Balaban J connectivity index is 2.52. The Morgan fingerprint density at radius 2 is 1.50 bits per heavy atom. The molecule has 0 saturated carbocycles. The van der Waals surface area contributed by atoms with Gasteiger partial charge in [-0.1, -0.05) is 12.1 Å². The minimum Gasteiger partial charge on any atom is -0.469 e. The summed E-state index contributed by atoms with van der Waals surface area (Å²) in [6, 6.07) is 5.58. The second-order valence-corrected chi connectivity index (χ2v) is 6.85. The quantitative estimate of drug-likeness (QED) is 0.531. The van der Waals surface area contributed by atoms with E-state index in [1.165, 1.54) is 31.4 Å². The number of Topliss-reactive ketones (excluding diaryl/α,β-unsaturated/α-hetero) is 2. The van der Waals surface area contributed by atoms with Gasteiger partial charge in [0.2, 0.25) is 0 Å². The second kappa shape index (κ2) is 7.84. The van der Waals surface area contributed by atoms with Gasteiger partial charge in [0, 0.05) is 31.1 Å². The van der Waals surface area contributed by atoms with Crippen molar-refractivity contribution >= 4 is 27.4 Å². The molecule has 0 N–H and O–H groups in total. The van der Waals surface area contributed by atoms with Crippen LogP contribution in [0.25, 0.3) is 0 Å². The SMILES string of the molecule is COC(=O)CCC(=O)CCC(=O)c1ccc(S(C)(=O)=O)cc1. The summed E-state index contributed by atoms with van der Waals surface area (Å²) in [5.41, 5.74) is 0.355. The fourth-order valence-electron chi connectivity index (χ4n) is 1.75. The summed E-state index contributed by atoms with van der Waals surface area (Å²) in [4.78, 5) is 34.5. The molecule has 0 aliphatic heterocycles. The van der Waals surface area contributed by atoms with Gasteiger partial charge in [-0.2, -0.15) is 0 Å². The van der Waals surface area contributed by atoms with Gasteiger partial charge in [-0.25, -0.2) is 8.42 Å². The number of sulfone groups is 1. The number of ether oxygens (including phenoxy) is 1. The molecule has 0 aromatic heterocycles. The molecule has 0 aliphatic rings. The molecule has 0 fully saturated rings. The predicted molar refractivity (Wildman–Crippen MR) is 79.4 cm³/mol. The summed E-state index contributed by atoms with van der Waals surface area (Å²) in [5, 5.41) is 0. The summed E-state index contributed by atoms with van der Waals surface area (Å²) in [5.74, 6) is -0.894. The molecule has 0 radical (unpaired) electrons. The molecule has 1 aromatic rings. The third-order valence-corrected chi connectivity index (χ3v) is 4.20. The normalized spacial score (nSPS) is 11.0. The van der Waals surface area contributed by atoms with E-state index in [4.69, 9.17) is 0 Å². The standard InChI is InChI=1S/C15H18O6S/c1-21-15(18)10-6-12(16)5-9-14(17)11-3-7-13(8-4-11)22(2,19)20/h3-4,7-8H,5-6,9-10H2,1-2H3. The zero-order chi connectivity index (χ0) is 16.8. The van der Waals surface area contributed by atoms with Gasteiger partial charge in [-0.3, -0.25) is 14.4 Å². The van der Waals surface area contributed by atoms with E-state index in [2.05, 4.69) is 4.74 Å². The number of carbonyl (C=O) groups excluding carboxylic acids is 3. The van der Waals surface area contributed by atoms with Crippen molar-refractivity contribution in [1.82, 2.24) is 0 Å². The van der Waals surface area contributed by atoms with Crippen molar-refractivity contribution in [2.75, 3.05) is 13.4 Å². The van der Waals surface area contributed by atoms with Gasteiger partial charge in [-0.15, -0.1) is 0 Å². The number of rotatable bonds is 8. The average molecular weight is 326 g/mol. The van der Waals surface area contributed by atoms with Crippen LogP contribution in [-0.2, 0) is 24.2 Å². The second-order valence-electron chi connectivity index (χ2n) is 4.83. The van der Waals surface area contributed by atoms with Gasteiger partial charge < -0.3 is 4.74 Å². The molecule has 0 atom stereocenters. The van der Waals surface area contributed by atoms with E-state index in [9.17, 15) is 22.8 Å². The molecule has 0 saturated heterocycles. The van der Waals surface area contributed by atoms with Crippen LogP contribution in [0.15, 0.2) is 29.2 Å². The first-order valence-corrected chi connectivity index (χ1v) is 8.55. The number of hydrogen-bond acceptors (Lipinski definition) is 6. The molecule has 6 nitrogen and oxygen atoms in total. The predicted octanol–water partition coefficient (Wildman–Crippen LogP) is 1.58. The van der Waals surface area contributed by atoms with Crippen LogP contribution in [0.4, 0.5) is 0 Å². The van der Waals surface area contributed by atoms with Crippen LogP contribution >= 0.6 is 0 Å². The lowest BCUT2D eigenvalue weighted by atomic mass is 10.0. The number of carbonyl (C=O) groups is 3. The average Bonchev–Trinajstić information content (AvgIpc) is 2.49. The maximum Gasteiger partial charge on any atom is 0.305 e. The van der Waals surface area contributed by atoms with Gasteiger partial charge >= 0.3 is 5.97 Å². The molecule has 0 spiro atoms. The van der Waals surface area contributed by atoms with E-state index >= 15 is 0 Å². The zero-order valence-corrected chi connectivity index (χ0v) is 13.3. The Bertz CT molecular complexity index is 658. The first-order chi connectivity index (χ1) is 10.2. The summed E-state index contributed by atoms with van der Waals surface area (Å²) in [7, 11) is -2.05. The zero-order valence-electron chi connectivity index (χ0n) is 12.5. The monoisotopic (exact) mass is 326 g/mol. The first-order valence-electron chi connectivity index (χ1n) is 6.66. The van der Waals surface area contributed by atoms with Crippen molar-refractivity contribution in [2.45, 2.75) is 30.6 Å². The van der Waals surface area contributed by atoms with Crippen LogP contribution in [0.2, 0.25) is 0 Å². The number of esters is 1. The highest BCUT2D eigenvalue weighted by Gasteiger charge is 2.12. The van der Waals surface area contributed by atoms with Gasteiger partial charge in [0.15, 0.2) is 15.6 Å². The van der Waals surface area contributed by atoms with E-state index in [1.54, 1.807) is 0 Å². The van der Waals surface area contributed by atoms with E-state index in [0.717, 1.165) is 6.26 Å². The number of benzene rings is 1. The van der Waals surface area contributed by atoms with Crippen molar-refractivity contribution in [1.29, 1.82) is 0 Å². The molecule has 0 aliphatic carbocycles. The largest absolute Gasteiger partial charge is 0.469 e. The van der Waals surface area contributed by atoms with Crippen molar-refractivity contribution in [3.8, 4) is 0 Å². The van der Waals surface area contributed by atoms with Crippen LogP contribution in [0, 0.1) is 0 Å². The molecule has 7 heteroatoms. The topological polar surface area (TPSA) is 94.6 Å². The first kappa shape index (κ1) is 18.0. The highest BCUT2D eigenvalue weighted by molar-refractivity contribution is 7.90. The minimum absolute atomic E-state index is 0.00653. The lowest BCUT2D eigenvalue weighted by molar-refractivity contribution is -0.141. The molecule has 1 aromatic carbocycles. The lowest BCUT2D eigenvalue weighted by Crippen LogP contribution is -2.08. The Labute approximate surface area is 129 Å². The van der Waals surface area contributed by atoms with Gasteiger partial charge in [0.25, 0.3) is 0 Å². The van der Waals surface area contributed by atoms with E-state index < -0.39 is 15.8 Å². The highest BCUT2D eigenvalue weighted by Crippen LogP contribution is 2.13. The van der Waals surface area contributed by atoms with Gasteiger partial charge in [-0.05, 0) is 12.1 Å². The Hall–Kier alpha value is -2.02. The van der Waals surface area contributed by atoms with Gasteiger partial charge in [0.1, 0.15) is 5.78 Å². The lowest BCUT2D eigenvalue weighted by Gasteiger charge is -2.03. The Kier molecular flexibility index (Phi) is 6.42. The summed E-state index contributed by atoms with van der Waals surface area (Å²) in [6.45, 7) is 0. The summed E-state index contributed by atoms with van der Waals surface area (Å²) in [6.07, 6.45) is 1.21. The van der Waals surface area contributed by atoms with Crippen LogP contribution in [0.5, 0.6) is 0 Å². The third-order valence-electron chi connectivity index (χ3n) is 3.07. The number of ketones is 2.